The van der Waals surface area contributed by atoms with Crippen molar-refractivity contribution in [3.8, 4) is 0 Å². The molecule has 0 atom stereocenters. The Bertz CT molecular complexity index is 1220. The Morgan fingerprint density at radius 2 is 1.73 bits per heavy atom. The molecule has 33 heavy (non-hydrogen) atoms. The molecule has 4 rings (SSSR count). The molecule has 1 saturated heterocycles. The zero-order valence-electron chi connectivity index (χ0n) is 17.9. The third-order valence-electron chi connectivity index (χ3n) is 5.41. The summed E-state index contributed by atoms with van der Waals surface area (Å²) in [6.07, 6.45) is 4.70. The second-order valence-corrected chi connectivity index (χ2v) is 9.74. The first-order valence-corrected chi connectivity index (χ1v) is 12.4. The molecule has 1 aliphatic rings. The lowest BCUT2D eigenvalue weighted by molar-refractivity contribution is -0.126. The van der Waals surface area contributed by atoms with Gasteiger partial charge in [0, 0.05) is 32.3 Å². The van der Waals surface area contributed by atoms with Crippen molar-refractivity contribution in [2.24, 2.45) is 0 Å². The molecule has 172 valence electrons. The van der Waals surface area contributed by atoms with Crippen LogP contribution in [0.1, 0.15) is 11.3 Å². The fourth-order valence-corrected chi connectivity index (χ4v) is 4.82. The molecule has 1 aromatic heterocycles. The summed E-state index contributed by atoms with van der Waals surface area (Å²) in [6.45, 7) is 2.71. The van der Waals surface area contributed by atoms with Gasteiger partial charge in [-0.2, -0.15) is 0 Å². The summed E-state index contributed by atoms with van der Waals surface area (Å²) < 4.78 is 32.5. The summed E-state index contributed by atoms with van der Waals surface area (Å²) in [4.78, 5) is 16.7. The summed E-state index contributed by atoms with van der Waals surface area (Å²) in [5.74, 6) is 0.454. The van der Waals surface area contributed by atoms with E-state index in [0.29, 0.717) is 37.0 Å². The van der Waals surface area contributed by atoms with E-state index in [1.165, 1.54) is 24.5 Å². The standard InChI is InChI=1S/C24H24ClN3O4S/c25-22-5-1-2-6-23(22)27-13-15-28(16-14-27)24(29)12-9-19-7-10-21(11-8-19)33(30,31)26-18-20-4-3-17-32-20/h1-12,17,26H,13-16,18H2/b12-9+. The lowest BCUT2D eigenvalue weighted by Gasteiger charge is -2.36. The summed E-state index contributed by atoms with van der Waals surface area (Å²) >= 11 is 6.27. The lowest BCUT2D eigenvalue weighted by atomic mass is 10.2. The van der Waals surface area contributed by atoms with Gasteiger partial charge in [0.15, 0.2) is 0 Å². The van der Waals surface area contributed by atoms with E-state index in [0.717, 1.165) is 11.3 Å². The van der Waals surface area contributed by atoms with E-state index >= 15 is 0 Å². The zero-order valence-corrected chi connectivity index (χ0v) is 19.4. The number of carbonyl (C=O) groups excluding carboxylic acids is 1. The van der Waals surface area contributed by atoms with Crippen molar-refractivity contribution in [3.63, 3.8) is 0 Å². The summed E-state index contributed by atoms with van der Waals surface area (Å²) in [7, 11) is -3.66. The molecule has 9 heteroatoms. The van der Waals surface area contributed by atoms with Gasteiger partial charge in [-0.3, -0.25) is 4.79 Å². The average Bonchev–Trinajstić information content (AvgIpc) is 3.36. The van der Waals surface area contributed by atoms with E-state index in [1.807, 2.05) is 24.3 Å². The van der Waals surface area contributed by atoms with E-state index in [2.05, 4.69) is 9.62 Å². The number of halogens is 1. The summed E-state index contributed by atoms with van der Waals surface area (Å²) in [6, 6.07) is 17.5. The molecule has 0 spiro atoms. The maximum atomic E-state index is 12.6. The monoisotopic (exact) mass is 485 g/mol. The SMILES string of the molecule is O=C(/C=C/c1ccc(S(=O)(=O)NCc2ccco2)cc1)N1CCN(c2ccccc2Cl)CC1. The third-order valence-corrected chi connectivity index (χ3v) is 7.15. The van der Waals surface area contributed by atoms with Crippen molar-refractivity contribution in [1.82, 2.24) is 9.62 Å². The molecule has 1 N–H and O–H groups in total. The van der Waals surface area contributed by atoms with E-state index in [-0.39, 0.29) is 17.3 Å². The van der Waals surface area contributed by atoms with Gasteiger partial charge >= 0.3 is 0 Å². The third kappa shape index (κ3) is 5.84. The topological polar surface area (TPSA) is 82.9 Å². The van der Waals surface area contributed by atoms with Crippen LogP contribution in [0.4, 0.5) is 5.69 Å². The Labute approximate surface area is 198 Å². The molecule has 0 bridgehead atoms. The van der Waals surface area contributed by atoms with Gasteiger partial charge in [-0.15, -0.1) is 0 Å². The number of para-hydroxylation sites is 1. The summed E-state index contributed by atoms with van der Waals surface area (Å²) in [5.41, 5.74) is 1.72. The van der Waals surface area contributed by atoms with Crippen molar-refractivity contribution in [1.29, 1.82) is 0 Å². The number of rotatable bonds is 7. The number of carbonyl (C=O) groups is 1. The van der Waals surface area contributed by atoms with E-state index in [9.17, 15) is 13.2 Å². The van der Waals surface area contributed by atoms with Crippen LogP contribution in [0.25, 0.3) is 6.08 Å². The molecule has 0 aliphatic carbocycles. The number of benzene rings is 2. The van der Waals surface area contributed by atoms with Gasteiger partial charge < -0.3 is 14.2 Å². The van der Waals surface area contributed by atoms with Crippen molar-refractivity contribution < 1.29 is 17.6 Å². The molecule has 1 fully saturated rings. The largest absolute Gasteiger partial charge is 0.468 e. The van der Waals surface area contributed by atoms with Gasteiger partial charge in [0.05, 0.1) is 28.4 Å². The van der Waals surface area contributed by atoms with Gasteiger partial charge in [0.1, 0.15) is 5.76 Å². The van der Waals surface area contributed by atoms with E-state index < -0.39 is 10.0 Å². The number of nitrogens with one attached hydrogen (secondary N) is 1. The highest BCUT2D eigenvalue weighted by Gasteiger charge is 2.21. The van der Waals surface area contributed by atoms with Gasteiger partial charge in [-0.25, -0.2) is 13.1 Å². The molecule has 1 amide bonds. The molecule has 2 heterocycles. The minimum Gasteiger partial charge on any atom is -0.468 e. The van der Waals surface area contributed by atoms with Crippen LogP contribution in [-0.2, 0) is 21.4 Å². The van der Waals surface area contributed by atoms with Crippen LogP contribution in [0.3, 0.4) is 0 Å². The van der Waals surface area contributed by atoms with Crippen LogP contribution in [-0.4, -0.2) is 45.4 Å². The van der Waals surface area contributed by atoms with Crippen molar-refractivity contribution in [2.45, 2.75) is 11.4 Å². The fourth-order valence-electron chi connectivity index (χ4n) is 3.57. The predicted molar refractivity (Wildman–Crippen MR) is 128 cm³/mol. The van der Waals surface area contributed by atoms with Gasteiger partial charge in [0.2, 0.25) is 15.9 Å². The van der Waals surface area contributed by atoms with Crippen molar-refractivity contribution in [3.05, 3.63) is 89.3 Å². The molecule has 0 radical (unpaired) electrons. The Morgan fingerprint density at radius 1 is 1.00 bits per heavy atom. The minimum absolute atomic E-state index is 0.0781. The van der Waals surface area contributed by atoms with Gasteiger partial charge in [-0.05, 0) is 48.0 Å². The number of amides is 1. The van der Waals surface area contributed by atoms with Crippen molar-refractivity contribution >= 4 is 39.3 Å². The molecular weight excluding hydrogens is 462 g/mol. The number of furan rings is 1. The summed E-state index contributed by atoms with van der Waals surface area (Å²) in [5, 5.41) is 0.707. The molecular formula is C24H24ClN3O4S. The number of piperazine rings is 1. The highest BCUT2D eigenvalue weighted by molar-refractivity contribution is 7.89. The Morgan fingerprint density at radius 3 is 2.39 bits per heavy atom. The smallest absolute Gasteiger partial charge is 0.246 e. The van der Waals surface area contributed by atoms with E-state index in [4.69, 9.17) is 16.0 Å². The zero-order chi connectivity index (χ0) is 23.3. The number of hydrogen-bond donors (Lipinski definition) is 1. The second-order valence-electron chi connectivity index (χ2n) is 7.57. The first-order valence-electron chi connectivity index (χ1n) is 10.5. The van der Waals surface area contributed by atoms with Crippen LogP contribution in [0.5, 0.6) is 0 Å². The fraction of sp³-hybridized carbons (Fsp3) is 0.208. The maximum Gasteiger partial charge on any atom is 0.246 e. The molecule has 3 aromatic rings. The Balaban J connectivity index is 1.31. The first kappa shape index (κ1) is 23.1. The molecule has 0 unspecified atom stereocenters. The molecule has 7 nitrogen and oxygen atoms in total. The predicted octanol–water partition coefficient (Wildman–Crippen LogP) is 3.77. The normalized spacial score (nSPS) is 14.7. The van der Waals surface area contributed by atoms with Crippen molar-refractivity contribution in [2.75, 3.05) is 31.1 Å². The first-order chi connectivity index (χ1) is 15.9. The number of hydrogen-bond acceptors (Lipinski definition) is 5. The molecule has 0 saturated carbocycles. The number of nitrogens with zero attached hydrogens (tertiary/aromatic N) is 2. The second kappa shape index (κ2) is 10.2. The van der Waals surface area contributed by atoms with Crippen LogP contribution in [0, 0.1) is 0 Å². The Hall–Kier alpha value is -3.07. The maximum absolute atomic E-state index is 12.6. The quantitative estimate of drug-likeness (QED) is 0.515. The highest BCUT2D eigenvalue weighted by Crippen LogP contribution is 2.26. The molecule has 1 aliphatic heterocycles. The van der Waals surface area contributed by atoms with Crippen LogP contribution in [0.2, 0.25) is 5.02 Å². The Kier molecular flexibility index (Phi) is 7.17. The highest BCUT2D eigenvalue weighted by atomic mass is 35.5. The number of anilines is 1. The number of sulfonamides is 1. The van der Waals surface area contributed by atoms with Crippen LogP contribution >= 0.6 is 11.6 Å². The van der Waals surface area contributed by atoms with Crippen LogP contribution < -0.4 is 9.62 Å². The van der Waals surface area contributed by atoms with Gasteiger partial charge in [-0.1, -0.05) is 35.9 Å². The average molecular weight is 486 g/mol. The van der Waals surface area contributed by atoms with Crippen LogP contribution in [0.15, 0.2) is 82.3 Å². The lowest BCUT2D eigenvalue weighted by Crippen LogP contribution is -2.48. The minimum atomic E-state index is -3.66. The van der Waals surface area contributed by atoms with Gasteiger partial charge in [0.25, 0.3) is 0 Å². The molecule has 2 aromatic carbocycles. The van der Waals surface area contributed by atoms with E-state index in [1.54, 1.807) is 35.2 Å².